The van der Waals surface area contributed by atoms with Gasteiger partial charge in [-0.05, 0) is 44.5 Å². The van der Waals surface area contributed by atoms with Crippen LogP contribution < -0.4 is 4.72 Å². The second kappa shape index (κ2) is 5.34. The van der Waals surface area contributed by atoms with Gasteiger partial charge in [0.1, 0.15) is 5.82 Å². The zero-order chi connectivity index (χ0) is 14.9. The predicted octanol–water partition coefficient (Wildman–Crippen LogP) is 1.95. The van der Waals surface area contributed by atoms with Gasteiger partial charge in [0.05, 0.1) is 10.6 Å². The quantitative estimate of drug-likeness (QED) is 0.905. The number of nitrogens with zero attached hydrogens (tertiary/aromatic N) is 1. The van der Waals surface area contributed by atoms with Gasteiger partial charge in [0, 0.05) is 17.8 Å². The zero-order valence-electron chi connectivity index (χ0n) is 11.5. The van der Waals surface area contributed by atoms with Crippen LogP contribution in [0, 0.1) is 26.6 Å². The molecule has 0 saturated carbocycles. The Morgan fingerprint density at radius 2 is 2.00 bits per heavy atom. The lowest BCUT2D eigenvalue weighted by Crippen LogP contribution is -2.24. The van der Waals surface area contributed by atoms with Crippen molar-refractivity contribution in [2.24, 2.45) is 0 Å². The fraction of sp³-hybridized carbons (Fsp3) is 0.308. The largest absolute Gasteiger partial charge is 0.282 e. The van der Waals surface area contributed by atoms with E-state index >= 15 is 0 Å². The van der Waals surface area contributed by atoms with Crippen molar-refractivity contribution in [3.05, 3.63) is 46.5 Å². The highest BCUT2D eigenvalue weighted by Crippen LogP contribution is 2.17. The van der Waals surface area contributed by atoms with Gasteiger partial charge >= 0.3 is 0 Å². The number of hydrogen-bond donors (Lipinski definition) is 2. The maximum absolute atomic E-state index is 13.0. The molecule has 108 valence electrons. The summed E-state index contributed by atoms with van der Waals surface area (Å²) >= 11 is 0. The summed E-state index contributed by atoms with van der Waals surface area (Å²) in [5.41, 5.74) is 2.76. The van der Waals surface area contributed by atoms with Crippen molar-refractivity contribution in [2.45, 2.75) is 32.2 Å². The predicted molar refractivity (Wildman–Crippen MR) is 73.2 cm³/mol. The molecule has 1 heterocycles. The Hall–Kier alpha value is -1.73. The number of aromatic nitrogens is 2. The fourth-order valence-electron chi connectivity index (χ4n) is 1.99. The van der Waals surface area contributed by atoms with Crippen LogP contribution in [-0.2, 0) is 16.6 Å². The standard InChI is InChI=1S/C13H16FN3O2S/c1-8-6-11(14)4-5-13(8)20(18,19)15-7-12-9(2)16-17-10(12)3/h4-6,15H,7H2,1-3H3,(H,16,17). The summed E-state index contributed by atoms with van der Waals surface area (Å²) in [6.07, 6.45) is 0. The van der Waals surface area contributed by atoms with Gasteiger partial charge in [0.15, 0.2) is 0 Å². The van der Waals surface area contributed by atoms with E-state index < -0.39 is 15.8 Å². The van der Waals surface area contributed by atoms with E-state index in [0.717, 1.165) is 23.0 Å². The lowest BCUT2D eigenvalue weighted by Gasteiger charge is -2.09. The number of hydrogen-bond acceptors (Lipinski definition) is 3. The molecule has 5 nitrogen and oxygen atoms in total. The minimum Gasteiger partial charge on any atom is -0.282 e. The molecule has 0 amide bonds. The summed E-state index contributed by atoms with van der Waals surface area (Å²) in [6, 6.07) is 3.60. The van der Waals surface area contributed by atoms with Gasteiger partial charge in [-0.1, -0.05) is 0 Å². The summed E-state index contributed by atoms with van der Waals surface area (Å²) in [7, 11) is -3.68. The van der Waals surface area contributed by atoms with Crippen LogP contribution in [0.5, 0.6) is 0 Å². The summed E-state index contributed by atoms with van der Waals surface area (Å²) in [5.74, 6) is -0.456. The van der Waals surface area contributed by atoms with E-state index in [1.54, 1.807) is 13.8 Å². The number of rotatable bonds is 4. The fourth-order valence-corrected chi connectivity index (χ4v) is 3.21. The van der Waals surface area contributed by atoms with Crippen molar-refractivity contribution in [1.29, 1.82) is 0 Å². The maximum atomic E-state index is 13.0. The highest BCUT2D eigenvalue weighted by molar-refractivity contribution is 7.89. The molecule has 0 saturated heterocycles. The molecule has 2 aromatic rings. The van der Waals surface area contributed by atoms with E-state index in [2.05, 4.69) is 14.9 Å². The number of H-pyrrole nitrogens is 1. The van der Waals surface area contributed by atoms with Crippen molar-refractivity contribution in [2.75, 3.05) is 0 Å². The normalized spacial score (nSPS) is 11.8. The van der Waals surface area contributed by atoms with Crippen LogP contribution in [0.2, 0.25) is 0 Å². The second-order valence-electron chi connectivity index (χ2n) is 4.65. The van der Waals surface area contributed by atoms with Gasteiger partial charge in [-0.2, -0.15) is 5.10 Å². The molecule has 1 aromatic carbocycles. The Balaban J connectivity index is 2.24. The average Bonchev–Trinajstić information content (AvgIpc) is 2.66. The van der Waals surface area contributed by atoms with Gasteiger partial charge in [-0.3, -0.25) is 5.10 Å². The van der Waals surface area contributed by atoms with Crippen molar-refractivity contribution < 1.29 is 12.8 Å². The van der Waals surface area contributed by atoms with Crippen LogP contribution in [0.3, 0.4) is 0 Å². The van der Waals surface area contributed by atoms with Crippen molar-refractivity contribution in [3.8, 4) is 0 Å². The summed E-state index contributed by atoms with van der Waals surface area (Å²) < 4.78 is 40.0. The van der Waals surface area contributed by atoms with E-state index in [0.29, 0.717) is 5.56 Å². The molecule has 2 N–H and O–H groups in total. The smallest absolute Gasteiger partial charge is 0.241 e. The van der Waals surface area contributed by atoms with E-state index in [-0.39, 0.29) is 11.4 Å². The highest BCUT2D eigenvalue weighted by atomic mass is 32.2. The molecule has 7 heteroatoms. The first-order chi connectivity index (χ1) is 9.31. The van der Waals surface area contributed by atoms with E-state index in [4.69, 9.17) is 0 Å². The third kappa shape index (κ3) is 2.88. The molecule has 2 rings (SSSR count). The molecule has 0 bridgehead atoms. The zero-order valence-corrected chi connectivity index (χ0v) is 12.3. The summed E-state index contributed by atoms with van der Waals surface area (Å²) in [4.78, 5) is 0.0812. The minimum atomic E-state index is -3.68. The molecule has 0 aliphatic rings. The van der Waals surface area contributed by atoms with Crippen LogP contribution in [0.15, 0.2) is 23.1 Å². The SMILES string of the molecule is Cc1cc(F)ccc1S(=O)(=O)NCc1c(C)n[nH]c1C. The number of sulfonamides is 1. The van der Waals surface area contributed by atoms with Crippen LogP contribution in [0.25, 0.3) is 0 Å². The number of aromatic amines is 1. The van der Waals surface area contributed by atoms with E-state index in [1.807, 2.05) is 6.92 Å². The maximum Gasteiger partial charge on any atom is 0.241 e. The second-order valence-corrected chi connectivity index (χ2v) is 6.38. The van der Waals surface area contributed by atoms with Crippen LogP contribution in [-0.4, -0.2) is 18.6 Å². The molecule has 0 atom stereocenters. The van der Waals surface area contributed by atoms with Crippen molar-refractivity contribution >= 4 is 10.0 Å². The molecule has 0 unspecified atom stereocenters. The number of benzene rings is 1. The monoisotopic (exact) mass is 297 g/mol. The van der Waals surface area contributed by atoms with Gasteiger partial charge in [0.2, 0.25) is 10.0 Å². The third-order valence-corrected chi connectivity index (χ3v) is 4.71. The lowest BCUT2D eigenvalue weighted by atomic mass is 10.2. The Labute approximate surface area is 117 Å². The molecule has 1 aromatic heterocycles. The topological polar surface area (TPSA) is 74.8 Å². The Bertz CT molecular complexity index is 719. The minimum absolute atomic E-state index is 0.0812. The first-order valence-corrected chi connectivity index (χ1v) is 7.56. The van der Waals surface area contributed by atoms with Crippen LogP contribution in [0.4, 0.5) is 4.39 Å². The molecule has 0 fully saturated rings. The molecule has 0 spiro atoms. The van der Waals surface area contributed by atoms with Gasteiger partial charge in [-0.15, -0.1) is 0 Å². The summed E-state index contributed by atoms with van der Waals surface area (Å²) in [5, 5.41) is 6.81. The van der Waals surface area contributed by atoms with Crippen LogP contribution in [0.1, 0.15) is 22.5 Å². The number of aryl methyl sites for hydroxylation is 3. The third-order valence-electron chi connectivity index (χ3n) is 3.15. The van der Waals surface area contributed by atoms with Gasteiger partial charge < -0.3 is 0 Å². The molecular weight excluding hydrogens is 281 g/mol. The molecule has 0 aliphatic carbocycles. The molecular formula is C13H16FN3O2S. The summed E-state index contributed by atoms with van der Waals surface area (Å²) in [6.45, 7) is 5.34. The number of halogens is 1. The Kier molecular flexibility index (Phi) is 3.92. The Morgan fingerprint density at radius 1 is 1.30 bits per heavy atom. The first kappa shape index (κ1) is 14.7. The van der Waals surface area contributed by atoms with Crippen molar-refractivity contribution in [1.82, 2.24) is 14.9 Å². The van der Waals surface area contributed by atoms with Crippen molar-refractivity contribution in [3.63, 3.8) is 0 Å². The molecule has 0 radical (unpaired) electrons. The first-order valence-electron chi connectivity index (χ1n) is 6.07. The Morgan fingerprint density at radius 3 is 2.55 bits per heavy atom. The van der Waals surface area contributed by atoms with E-state index in [1.165, 1.54) is 12.1 Å². The van der Waals surface area contributed by atoms with Gasteiger partial charge in [-0.25, -0.2) is 17.5 Å². The lowest BCUT2D eigenvalue weighted by molar-refractivity contribution is 0.579. The van der Waals surface area contributed by atoms with Gasteiger partial charge in [0.25, 0.3) is 0 Å². The van der Waals surface area contributed by atoms with E-state index in [9.17, 15) is 12.8 Å². The molecule has 20 heavy (non-hydrogen) atoms. The highest BCUT2D eigenvalue weighted by Gasteiger charge is 2.18. The number of nitrogens with one attached hydrogen (secondary N) is 2. The average molecular weight is 297 g/mol. The van der Waals surface area contributed by atoms with Crippen LogP contribution >= 0.6 is 0 Å². The molecule has 0 aliphatic heterocycles.